The van der Waals surface area contributed by atoms with Crippen molar-refractivity contribution < 1.29 is 9.59 Å². The zero-order valence-electron chi connectivity index (χ0n) is 13.5. The van der Waals surface area contributed by atoms with Crippen molar-refractivity contribution in [2.24, 2.45) is 7.05 Å². The van der Waals surface area contributed by atoms with Crippen LogP contribution in [0.3, 0.4) is 0 Å². The Morgan fingerprint density at radius 3 is 3.08 bits per heavy atom. The maximum atomic E-state index is 12.3. The summed E-state index contributed by atoms with van der Waals surface area (Å²) in [4.78, 5) is 40.4. The van der Waals surface area contributed by atoms with Gasteiger partial charge in [0, 0.05) is 26.6 Å². The second-order valence-corrected chi connectivity index (χ2v) is 5.91. The zero-order valence-corrected chi connectivity index (χ0v) is 13.5. The molecule has 1 fully saturated rings. The van der Waals surface area contributed by atoms with Crippen molar-refractivity contribution in [1.29, 1.82) is 0 Å². The number of amides is 2. The van der Waals surface area contributed by atoms with Crippen molar-refractivity contribution in [1.82, 2.24) is 30.0 Å². The van der Waals surface area contributed by atoms with Gasteiger partial charge < -0.3 is 10.6 Å². The lowest BCUT2D eigenvalue weighted by Crippen LogP contribution is -2.45. The summed E-state index contributed by atoms with van der Waals surface area (Å²) in [5.74, 6) is -0.397. The molecule has 3 heterocycles. The summed E-state index contributed by atoms with van der Waals surface area (Å²) < 4.78 is 2.91. The molecule has 2 N–H and O–H groups in total. The number of carbonyl (C=O) groups excluding carboxylic acids is 2. The van der Waals surface area contributed by atoms with Gasteiger partial charge in [-0.2, -0.15) is 5.10 Å². The molecule has 0 aromatic carbocycles. The Balaban J connectivity index is 1.63. The van der Waals surface area contributed by atoms with Crippen LogP contribution in [0.2, 0.25) is 0 Å². The van der Waals surface area contributed by atoms with Crippen molar-refractivity contribution >= 4 is 22.8 Å². The van der Waals surface area contributed by atoms with Gasteiger partial charge in [-0.1, -0.05) is 0 Å². The van der Waals surface area contributed by atoms with Crippen molar-refractivity contribution in [3.05, 3.63) is 22.9 Å². The van der Waals surface area contributed by atoms with Crippen LogP contribution in [0.25, 0.3) is 11.0 Å². The highest BCUT2D eigenvalue weighted by Gasteiger charge is 2.22. The molecule has 3 rings (SSSR count). The molecule has 1 aliphatic rings. The van der Waals surface area contributed by atoms with Gasteiger partial charge in [0.15, 0.2) is 5.65 Å². The van der Waals surface area contributed by atoms with Gasteiger partial charge in [-0.3, -0.25) is 23.6 Å². The highest BCUT2D eigenvalue weighted by molar-refractivity contribution is 5.87. The first kappa shape index (κ1) is 16.2. The van der Waals surface area contributed by atoms with Crippen LogP contribution >= 0.6 is 0 Å². The summed E-state index contributed by atoms with van der Waals surface area (Å²) in [6.45, 7) is 0.855. The van der Waals surface area contributed by atoms with Crippen molar-refractivity contribution in [3.8, 4) is 0 Å². The first-order chi connectivity index (χ1) is 11.6. The van der Waals surface area contributed by atoms with E-state index in [0.717, 1.165) is 12.8 Å². The lowest BCUT2D eigenvalue weighted by atomic mass is 10.1. The quantitative estimate of drug-likeness (QED) is 0.769. The molecule has 0 radical (unpaired) electrons. The number of nitrogens with zero attached hydrogens (tertiary/aromatic N) is 4. The lowest BCUT2D eigenvalue weighted by molar-refractivity contribution is -0.128. The molecule has 2 aromatic rings. The number of nitrogens with one attached hydrogen (secondary N) is 2. The second-order valence-electron chi connectivity index (χ2n) is 5.91. The van der Waals surface area contributed by atoms with E-state index in [9.17, 15) is 14.4 Å². The standard InChI is InChI=1S/C15H20N6O3/c1-20-13-10(8-18-20)15(24)21(9-17-13)7-5-12(22)19-11-4-2-3-6-16-14(11)23/h8-9,11H,2-7H2,1H3,(H,16,23)(H,19,22). The summed E-state index contributed by atoms with van der Waals surface area (Å²) in [6.07, 6.45) is 5.45. The largest absolute Gasteiger partial charge is 0.354 e. The molecule has 1 unspecified atom stereocenters. The van der Waals surface area contributed by atoms with Crippen molar-refractivity contribution in [2.75, 3.05) is 6.54 Å². The number of carbonyl (C=O) groups is 2. The monoisotopic (exact) mass is 332 g/mol. The maximum Gasteiger partial charge on any atom is 0.264 e. The van der Waals surface area contributed by atoms with Crippen molar-refractivity contribution in [3.63, 3.8) is 0 Å². The molecule has 1 aliphatic heterocycles. The van der Waals surface area contributed by atoms with E-state index in [0.29, 0.717) is 24.0 Å². The third-order valence-electron chi connectivity index (χ3n) is 4.17. The van der Waals surface area contributed by atoms with Crippen molar-refractivity contribution in [2.45, 2.75) is 38.3 Å². The molecule has 1 atom stereocenters. The number of aromatic nitrogens is 4. The maximum absolute atomic E-state index is 12.3. The summed E-state index contributed by atoms with van der Waals surface area (Å²) in [5.41, 5.74) is 0.281. The van der Waals surface area contributed by atoms with E-state index in [4.69, 9.17) is 0 Å². The van der Waals surface area contributed by atoms with E-state index in [1.165, 1.54) is 21.8 Å². The molecule has 1 saturated heterocycles. The van der Waals surface area contributed by atoms with E-state index < -0.39 is 6.04 Å². The fraction of sp³-hybridized carbons (Fsp3) is 0.533. The van der Waals surface area contributed by atoms with Gasteiger partial charge in [0.05, 0.1) is 12.5 Å². The van der Waals surface area contributed by atoms with Gasteiger partial charge in [0.1, 0.15) is 11.4 Å². The number of rotatable bonds is 4. The predicted octanol–water partition coefficient (Wildman–Crippen LogP) is -0.695. The molecule has 0 bridgehead atoms. The topological polar surface area (TPSA) is 111 Å². The summed E-state index contributed by atoms with van der Waals surface area (Å²) in [5, 5.41) is 9.94. The summed E-state index contributed by atoms with van der Waals surface area (Å²) in [6, 6.07) is -0.490. The second kappa shape index (κ2) is 6.81. The number of hydrogen-bond donors (Lipinski definition) is 2. The zero-order chi connectivity index (χ0) is 17.1. The Kier molecular flexibility index (Phi) is 4.59. The molecular weight excluding hydrogens is 312 g/mol. The van der Waals surface area contributed by atoms with Crippen LogP contribution in [0.4, 0.5) is 0 Å². The average molecular weight is 332 g/mol. The Morgan fingerprint density at radius 1 is 1.42 bits per heavy atom. The number of aryl methyl sites for hydroxylation is 2. The van der Waals surface area contributed by atoms with E-state index >= 15 is 0 Å². The average Bonchev–Trinajstić information content (AvgIpc) is 2.82. The third kappa shape index (κ3) is 3.29. The summed E-state index contributed by atoms with van der Waals surface area (Å²) in [7, 11) is 1.71. The van der Waals surface area contributed by atoms with Crippen LogP contribution in [-0.2, 0) is 23.2 Å². The predicted molar refractivity (Wildman–Crippen MR) is 86.2 cm³/mol. The fourth-order valence-corrected chi connectivity index (χ4v) is 2.79. The first-order valence-electron chi connectivity index (χ1n) is 8.00. The fourth-order valence-electron chi connectivity index (χ4n) is 2.79. The molecule has 0 saturated carbocycles. The van der Waals surface area contributed by atoms with E-state index in [-0.39, 0.29) is 30.3 Å². The van der Waals surface area contributed by atoms with Gasteiger partial charge in [0.25, 0.3) is 5.56 Å². The summed E-state index contributed by atoms with van der Waals surface area (Å²) >= 11 is 0. The molecular formula is C15H20N6O3. The first-order valence-corrected chi connectivity index (χ1v) is 8.00. The van der Waals surface area contributed by atoms with Gasteiger partial charge in [0.2, 0.25) is 11.8 Å². The van der Waals surface area contributed by atoms with Gasteiger partial charge >= 0.3 is 0 Å². The van der Waals surface area contributed by atoms with Crippen LogP contribution in [0, 0.1) is 0 Å². The van der Waals surface area contributed by atoms with Crippen LogP contribution in [0.1, 0.15) is 25.7 Å². The minimum Gasteiger partial charge on any atom is -0.354 e. The molecule has 2 amide bonds. The van der Waals surface area contributed by atoms with Crippen LogP contribution < -0.4 is 16.2 Å². The molecule has 2 aromatic heterocycles. The van der Waals surface area contributed by atoms with E-state index in [2.05, 4.69) is 20.7 Å². The normalized spacial score (nSPS) is 18.2. The number of hydrogen-bond acceptors (Lipinski definition) is 5. The lowest BCUT2D eigenvalue weighted by Gasteiger charge is -2.15. The Hall–Kier alpha value is -2.71. The van der Waals surface area contributed by atoms with Gasteiger partial charge in [-0.25, -0.2) is 4.98 Å². The molecule has 9 nitrogen and oxygen atoms in total. The minimum atomic E-state index is -0.490. The Morgan fingerprint density at radius 2 is 2.25 bits per heavy atom. The highest BCUT2D eigenvalue weighted by Crippen LogP contribution is 2.06. The molecule has 0 aliphatic carbocycles. The van der Waals surface area contributed by atoms with Gasteiger partial charge in [-0.15, -0.1) is 0 Å². The van der Waals surface area contributed by atoms with Crippen LogP contribution in [0.5, 0.6) is 0 Å². The third-order valence-corrected chi connectivity index (χ3v) is 4.17. The molecule has 0 spiro atoms. The van der Waals surface area contributed by atoms with E-state index in [1.54, 1.807) is 7.05 Å². The minimum absolute atomic E-state index is 0.108. The Labute approximate surface area is 138 Å². The van der Waals surface area contributed by atoms with Crippen LogP contribution in [-0.4, -0.2) is 43.7 Å². The highest BCUT2D eigenvalue weighted by atomic mass is 16.2. The SMILES string of the molecule is Cn1ncc2c(=O)n(CCC(=O)NC3CCCCNC3=O)cnc21. The van der Waals surface area contributed by atoms with Crippen LogP contribution in [0.15, 0.2) is 17.3 Å². The number of fused-ring (bicyclic) bond motifs is 1. The molecule has 128 valence electrons. The van der Waals surface area contributed by atoms with Gasteiger partial charge in [-0.05, 0) is 19.3 Å². The van der Waals surface area contributed by atoms with E-state index in [1.807, 2.05) is 0 Å². The Bertz CT molecular complexity index is 824. The molecule has 9 heteroatoms. The smallest absolute Gasteiger partial charge is 0.264 e. The molecule has 24 heavy (non-hydrogen) atoms.